The molecule has 1 saturated heterocycles. The summed E-state index contributed by atoms with van der Waals surface area (Å²) in [5, 5.41) is 5.97. The molecule has 0 aromatic carbocycles. The van der Waals surface area contributed by atoms with E-state index in [9.17, 15) is 26.7 Å². The Bertz CT molecular complexity index is 1130. The van der Waals surface area contributed by atoms with Crippen LogP contribution in [0.25, 0.3) is 0 Å². The second-order valence-electron chi connectivity index (χ2n) is 8.31. The molecular weight excluding hydrogens is 487 g/mol. The summed E-state index contributed by atoms with van der Waals surface area (Å²) in [5.41, 5.74) is 1.38. The second-order valence-corrected chi connectivity index (χ2v) is 8.31. The normalized spacial score (nSPS) is 15.5. The summed E-state index contributed by atoms with van der Waals surface area (Å²) >= 11 is 0. The van der Waals surface area contributed by atoms with E-state index in [1.165, 1.54) is 0 Å². The van der Waals surface area contributed by atoms with Gasteiger partial charge in [-0.3, -0.25) is 4.79 Å². The number of hydrogen-bond acceptors (Lipinski definition) is 7. The predicted octanol–water partition coefficient (Wildman–Crippen LogP) is 4.04. The maximum absolute atomic E-state index is 13.7. The van der Waals surface area contributed by atoms with E-state index >= 15 is 0 Å². The summed E-state index contributed by atoms with van der Waals surface area (Å²) in [4.78, 5) is 23.2. The number of hydrogen-bond donors (Lipinski definition) is 1. The zero-order chi connectivity index (χ0) is 26.5. The average Bonchev–Trinajstić information content (AvgIpc) is 2.84. The molecule has 196 valence electrons. The molecule has 0 radical (unpaired) electrons. The van der Waals surface area contributed by atoms with Crippen molar-refractivity contribution in [2.24, 2.45) is 0 Å². The molecule has 1 fully saturated rings. The van der Waals surface area contributed by atoms with Crippen LogP contribution in [0.2, 0.25) is 0 Å². The van der Waals surface area contributed by atoms with E-state index in [0.717, 1.165) is 24.2 Å². The van der Waals surface area contributed by atoms with Crippen LogP contribution in [0.5, 0.6) is 0 Å². The Balaban J connectivity index is 1.54. The number of ether oxygens (including phenoxy) is 1. The maximum atomic E-state index is 13.7. The molecule has 36 heavy (non-hydrogen) atoms. The molecule has 1 aliphatic rings. The number of piperazine rings is 1. The Hall–Kier alpha value is -3.31. The molecule has 0 aliphatic carbocycles. The minimum Gasteiger partial charge on any atom is -0.371 e. The van der Waals surface area contributed by atoms with Crippen LogP contribution in [-0.2, 0) is 16.8 Å². The first-order valence-corrected chi connectivity index (χ1v) is 11.3. The van der Waals surface area contributed by atoms with Gasteiger partial charge in [-0.05, 0) is 12.5 Å². The fourth-order valence-electron chi connectivity index (χ4n) is 3.79. The lowest BCUT2D eigenvalue weighted by Gasteiger charge is -2.36. The van der Waals surface area contributed by atoms with Crippen LogP contribution in [-0.4, -0.2) is 57.9 Å². The van der Waals surface area contributed by atoms with E-state index in [-0.39, 0.29) is 18.2 Å². The number of anilines is 1. The first kappa shape index (κ1) is 27.3. The van der Waals surface area contributed by atoms with Crippen molar-refractivity contribution < 1.29 is 26.7 Å². The Morgan fingerprint density at radius 3 is 2.36 bits per heavy atom. The van der Waals surface area contributed by atoms with Gasteiger partial charge in [0.05, 0.1) is 29.1 Å². The Kier molecular flexibility index (Phi) is 8.47. The van der Waals surface area contributed by atoms with Gasteiger partial charge in [-0.15, -0.1) is 5.73 Å². The van der Waals surface area contributed by atoms with Gasteiger partial charge in [0, 0.05) is 51.9 Å². The van der Waals surface area contributed by atoms with Gasteiger partial charge in [0.25, 0.3) is 11.5 Å². The van der Waals surface area contributed by atoms with Crippen LogP contribution >= 0.6 is 0 Å². The van der Waals surface area contributed by atoms with Crippen LogP contribution < -0.4 is 10.5 Å². The highest BCUT2D eigenvalue weighted by molar-refractivity contribution is 5.31. The van der Waals surface area contributed by atoms with Crippen LogP contribution in [0.4, 0.5) is 27.9 Å². The fourth-order valence-corrected chi connectivity index (χ4v) is 3.79. The predicted molar refractivity (Wildman–Crippen MR) is 121 cm³/mol. The molecule has 1 aliphatic heterocycles. The molecule has 13 heteroatoms. The third-order valence-electron chi connectivity index (χ3n) is 5.77. The average molecular weight is 514 g/mol. The van der Waals surface area contributed by atoms with E-state index in [1.807, 2.05) is 11.8 Å². The van der Waals surface area contributed by atoms with Crippen molar-refractivity contribution in [2.75, 3.05) is 37.7 Å². The quantitative estimate of drug-likeness (QED) is 0.399. The van der Waals surface area contributed by atoms with Crippen molar-refractivity contribution in [3.05, 3.63) is 63.6 Å². The molecule has 0 bridgehead atoms. The topological polar surface area (TPSA) is 87.2 Å². The number of alkyl halides is 5. The summed E-state index contributed by atoms with van der Waals surface area (Å²) in [6.45, 7) is 8.51. The van der Waals surface area contributed by atoms with Gasteiger partial charge in [0.15, 0.2) is 0 Å². The minimum atomic E-state index is -4.49. The first-order valence-electron chi connectivity index (χ1n) is 11.3. The highest BCUT2D eigenvalue weighted by Crippen LogP contribution is 2.29. The van der Waals surface area contributed by atoms with Crippen molar-refractivity contribution in [3.63, 3.8) is 0 Å². The third-order valence-corrected chi connectivity index (χ3v) is 5.77. The van der Waals surface area contributed by atoms with Crippen molar-refractivity contribution in [3.8, 4) is 0 Å². The molecule has 0 spiro atoms. The van der Waals surface area contributed by atoms with E-state index < -0.39 is 34.9 Å². The van der Waals surface area contributed by atoms with Crippen molar-refractivity contribution in [1.29, 1.82) is 0 Å². The van der Waals surface area contributed by atoms with E-state index in [0.29, 0.717) is 45.9 Å². The molecule has 0 amide bonds. The molecular formula is C23H27F5N6O2. The SMILES string of the molecule is C=C=C(CCOC(CC)c1cc(C(C)(F)F)c(=O)[nH]n1)N1CCN(c2ncc(C(F)(F)F)cn2)CC1. The number of aromatic amines is 1. The van der Waals surface area contributed by atoms with E-state index in [1.54, 1.807) is 4.90 Å². The summed E-state index contributed by atoms with van der Waals surface area (Å²) in [6, 6.07) is 1.07. The molecule has 1 unspecified atom stereocenters. The summed E-state index contributed by atoms with van der Waals surface area (Å²) in [6.07, 6.45) is -2.65. The van der Waals surface area contributed by atoms with Crippen LogP contribution in [0, 0.1) is 0 Å². The van der Waals surface area contributed by atoms with Gasteiger partial charge in [-0.2, -0.15) is 18.3 Å². The van der Waals surface area contributed by atoms with Crippen molar-refractivity contribution in [2.45, 2.75) is 44.9 Å². The third kappa shape index (κ3) is 6.67. The first-order chi connectivity index (χ1) is 16.9. The molecule has 0 saturated carbocycles. The summed E-state index contributed by atoms with van der Waals surface area (Å²) in [5.74, 6) is -3.08. The van der Waals surface area contributed by atoms with Crippen LogP contribution in [0.3, 0.4) is 0 Å². The Labute approximate surface area is 204 Å². The molecule has 3 rings (SSSR count). The van der Waals surface area contributed by atoms with Gasteiger partial charge in [0.2, 0.25) is 5.95 Å². The molecule has 8 nitrogen and oxygen atoms in total. The molecule has 1 atom stereocenters. The standard InChI is InChI=1S/C23H27F5N6O2/c1-4-16(6-11-36-19(5-2)18-12-17(22(3,24)25)20(35)32-31-18)33-7-9-34(10-8-33)21-29-13-15(14-30-21)23(26,27)28/h12-14,19H,1,5-11H2,2-3H3,(H,32,35). The van der Waals surface area contributed by atoms with Gasteiger partial charge in [-0.1, -0.05) is 13.5 Å². The number of aromatic nitrogens is 4. The highest BCUT2D eigenvalue weighted by Gasteiger charge is 2.32. The number of halogens is 5. The highest BCUT2D eigenvalue weighted by atomic mass is 19.4. The van der Waals surface area contributed by atoms with Crippen molar-refractivity contribution in [1.82, 2.24) is 25.1 Å². The minimum absolute atomic E-state index is 0.211. The number of nitrogens with zero attached hydrogens (tertiary/aromatic N) is 5. The van der Waals surface area contributed by atoms with E-state index in [4.69, 9.17) is 4.74 Å². The monoisotopic (exact) mass is 514 g/mol. The van der Waals surface area contributed by atoms with Gasteiger partial charge >= 0.3 is 6.18 Å². The molecule has 1 N–H and O–H groups in total. The number of H-pyrrole nitrogens is 1. The lowest BCUT2D eigenvalue weighted by molar-refractivity contribution is -0.138. The van der Waals surface area contributed by atoms with Gasteiger partial charge < -0.3 is 14.5 Å². The molecule has 2 aromatic rings. The zero-order valence-electron chi connectivity index (χ0n) is 19.9. The van der Waals surface area contributed by atoms with Crippen molar-refractivity contribution >= 4 is 5.95 Å². The largest absolute Gasteiger partial charge is 0.419 e. The molecule has 3 heterocycles. The van der Waals surface area contributed by atoms with Gasteiger partial charge in [-0.25, -0.2) is 23.8 Å². The summed E-state index contributed by atoms with van der Waals surface area (Å²) < 4.78 is 71.4. The maximum Gasteiger partial charge on any atom is 0.419 e. The molecule has 2 aromatic heterocycles. The second kappa shape index (κ2) is 11.2. The van der Waals surface area contributed by atoms with Gasteiger partial charge in [0.1, 0.15) is 6.10 Å². The number of nitrogens with one attached hydrogen (secondary N) is 1. The smallest absolute Gasteiger partial charge is 0.371 e. The zero-order valence-corrected chi connectivity index (χ0v) is 19.9. The Morgan fingerprint density at radius 2 is 1.83 bits per heavy atom. The lowest BCUT2D eigenvalue weighted by atomic mass is 10.1. The number of rotatable bonds is 9. The summed E-state index contributed by atoms with van der Waals surface area (Å²) in [7, 11) is 0. The van der Waals surface area contributed by atoms with E-state index in [2.05, 4.69) is 32.5 Å². The fraction of sp³-hybridized carbons (Fsp3) is 0.522. The van der Waals surface area contributed by atoms with Crippen LogP contribution in [0.15, 0.2) is 41.3 Å². The Morgan fingerprint density at radius 1 is 1.19 bits per heavy atom. The lowest BCUT2D eigenvalue weighted by Crippen LogP contribution is -2.46. The van der Waals surface area contributed by atoms with Crippen LogP contribution in [0.1, 0.15) is 49.6 Å².